The van der Waals surface area contributed by atoms with E-state index < -0.39 is 0 Å². The highest BCUT2D eigenvalue weighted by atomic mass is 16.5. The van der Waals surface area contributed by atoms with Gasteiger partial charge in [0.15, 0.2) is 0 Å². The monoisotopic (exact) mass is 356 g/mol. The van der Waals surface area contributed by atoms with Crippen LogP contribution in [-0.2, 0) is 6.42 Å². The minimum absolute atomic E-state index is 0.494. The Morgan fingerprint density at radius 3 is 2.88 bits per heavy atom. The number of nitrogens with one attached hydrogen (secondary N) is 1. The highest BCUT2D eigenvalue weighted by Crippen LogP contribution is 2.60. The summed E-state index contributed by atoms with van der Waals surface area (Å²) < 4.78 is 5.45. The molecular formula is C23H36N2O. The molecule has 0 radical (unpaired) electrons. The predicted octanol–water partition coefficient (Wildman–Crippen LogP) is 4.25. The topological polar surface area (TPSA) is 47.3 Å². The number of rotatable bonds is 6. The zero-order valence-electron chi connectivity index (χ0n) is 16.6. The number of hydrogen-bond acceptors (Lipinski definition) is 3. The second-order valence-electron chi connectivity index (χ2n) is 9.10. The van der Waals surface area contributed by atoms with Crippen molar-refractivity contribution in [3.8, 4) is 5.75 Å². The van der Waals surface area contributed by atoms with Gasteiger partial charge in [0.2, 0.25) is 0 Å². The zero-order chi connectivity index (χ0) is 18.1. The van der Waals surface area contributed by atoms with Gasteiger partial charge in [0.05, 0.1) is 7.11 Å². The summed E-state index contributed by atoms with van der Waals surface area (Å²) in [6.07, 6.45) is 10.5. The van der Waals surface area contributed by atoms with Gasteiger partial charge in [0.1, 0.15) is 5.75 Å². The molecule has 0 bridgehead atoms. The molecule has 0 aliphatic heterocycles. The van der Waals surface area contributed by atoms with E-state index in [0.29, 0.717) is 11.5 Å². The van der Waals surface area contributed by atoms with Crippen molar-refractivity contribution in [2.45, 2.75) is 70.3 Å². The van der Waals surface area contributed by atoms with Crippen LogP contribution in [0.25, 0.3) is 0 Å². The Morgan fingerprint density at radius 1 is 1.19 bits per heavy atom. The maximum absolute atomic E-state index is 5.65. The van der Waals surface area contributed by atoms with Crippen LogP contribution in [0.5, 0.6) is 5.75 Å². The number of benzene rings is 1. The van der Waals surface area contributed by atoms with Crippen LogP contribution in [0.3, 0.4) is 0 Å². The summed E-state index contributed by atoms with van der Waals surface area (Å²) in [5.74, 6) is 3.57. The first-order valence-electron chi connectivity index (χ1n) is 10.8. The summed E-state index contributed by atoms with van der Waals surface area (Å²) in [5.41, 5.74) is 9.32. The number of ether oxygens (including phenoxy) is 1. The quantitative estimate of drug-likeness (QED) is 0.749. The molecule has 3 N–H and O–H groups in total. The maximum atomic E-state index is 5.65. The van der Waals surface area contributed by atoms with E-state index in [-0.39, 0.29) is 0 Å². The van der Waals surface area contributed by atoms with Crippen molar-refractivity contribution in [1.82, 2.24) is 5.32 Å². The molecule has 2 fully saturated rings. The lowest BCUT2D eigenvalue weighted by Crippen LogP contribution is -2.48. The lowest BCUT2D eigenvalue weighted by Gasteiger charge is -2.51. The van der Waals surface area contributed by atoms with E-state index in [4.69, 9.17) is 10.5 Å². The average molecular weight is 357 g/mol. The van der Waals surface area contributed by atoms with Crippen molar-refractivity contribution in [1.29, 1.82) is 0 Å². The van der Waals surface area contributed by atoms with Gasteiger partial charge in [0, 0.05) is 6.04 Å². The largest absolute Gasteiger partial charge is 0.497 e. The van der Waals surface area contributed by atoms with Gasteiger partial charge < -0.3 is 15.8 Å². The zero-order valence-corrected chi connectivity index (χ0v) is 16.6. The van der Waals surface area contributed by atoms with E-state index in [2.05, 4.69) is 30.4 Å². The molecule has 0 heterocycles. The van der Waals surface area contributed by atoms with Crippen LogP contribution in [0.1, 0.15) is 68.9 Å². The SMILES string of the molecule is COc1ccc2c(c1)CC[C@@H]1[C@@H]2CC[C@]2(C)[C@@H](NCCCCN)CC[C@@H]12. The van der Waals surface area contributed by atoms with E-state index >= 15 is 0 Å². The molecule has 2 saturated carbocycles. The second kappa shape index (κ2) is 7.52. The first kappa shape index (κ1) is 18.3. The van der Waals surface area contributed by atoms with Gasteiger partial charge in [-0.05, 0) is 111 Å². The standard InChI is InChI=1S/C23H36N2O/c1-23-12-11-19-18-8-6-17(26-2)15-16(18)5-7-20(19)21(23)9-10-22(23)25-14-4-3-13-24/h6,8,15,19-22,25H,3-5,7,9-14,24H2,1-2H3/t19-,20-,21+,22+,23+/m1/s1. The molecule has 144 valence electrons. The maximum Gasteiger partial charge on any atom is 0.119 e. The third kappa shape index (κ3) is 3.07. The summed E-state index contributed by atoms with van der Waals surface area (Å²) in [7, 11) is 1.78. The van der Waals surface area contributed by atoms with Crippen LogP contribution in [0, 0.1) is 17.3 Å². The van der Waals surface area contributed by atoms with Crippen LogP contribution in [0.2, 0.25) is 0 Å². The first-order chi connectivity index (χ1) is 12.7. The van der Waals surface area contributed by atoms with Crippen molar-refractivity contribution in [2.24, 2.45) is 23.0 Å². The molecule has 0 spiro atoms. The molecule has 0 amide bonds. The van der Waals surface area contributed by atoms with Crippen LogP contribution in [0.15, 0.2) is 18.2 Å². The van der Waals surface area contributed by atoms with Gasteiger partial charge in [-0.3, -0.25) is 0 Å². The molecular weight excluding hydrogens is 320 g/mol. The van der Waals surface area contributed by atoms with Gasteiger partial charge >= 0.3 is 0 Å². The predicted molar refractivity (Wildman–Crippen MR) is 108 cm³/mol. The molecule has 5 atom stereocenters. The molecule has 3 heteroatoms. The summed E-state index contributed by atoms with van der Waals surface area (Å²) in [6.45, 7) is 4.55. The van der Waals surface area contributed by atoms with E-state index in [1.165, 1.54) is 44.9 Å². The number of aryl methyl sites for hydroxylation is 1. The normalized spacial score (nSPS) is 35.5. The lowest BCUT2D eigenvalue weighted by molar-refractivity contribution is 0.0412. The van der Waals surface area contributed by atoms with E-state index in [0.717, 1.165) is 43.0 Å². The number of hydrogen-bond donors (Lipinski definition) is 2. The Balaban J connectivity index is 1.49. The van der Waals surface area contributed by atoms with Crippen molar-refractivity contribution in [3.63, 3.8) is 0 Å². The summed E-state index contributed by atoms with van der Waals surface area (Å²) >= 11 is 0. The van der Waals surface area contributed by atoms with E-state index in [9.17, 15) is 0 Å². The minimum Gasteiger partial charge on any atom is -0.497 e. The minimum atomic E-state index is 0.494. The molecule has 1 aromatic carbocycles. The molecule has 26 heavy (non-hydrogen) atoms. The van der Waals surface area contributed by atoms with Gasteiger partial charge in [0.25, 0.3) is 0 Å². The Morgan fingerprint density at radius 2 is 2.08 bits per heavy atom. The fourth-order valence-electron chi connectivity index (χ4n) is 6.57. The number of unbranched alkanes of at least 4 members (excludes halogenated alkanes) is 1. The molecule has 1 aromatic rings. The highest BCUT2D eigenvalue weighted by Gasteiger charge is 2.54. The Hall–Kier alpha value is -1.06. The fraction of sp³-hybridized carbons (Fsp3) is 0.739. The third-order valence-electron chi connectivity index (χ3n) is 7.96. The molecule has 3 nitrogen and oxygen atoms in total. The smallest absolute Gasteiger partial charge is 0.119 e. The molecule has 4 rings (SSSR count). The van der Waals surface area contributed by atoms with Gasteiger partial charge in [-0.15, -0.1) is 0 Å². The molecule has 3 aliphatic carbocycles. The fourth-order valence-corrected chi connectivity index (χ4v) is 6.57. The first-order valence-corrected chi connectivity index (χ1v) is 10.8. The molecule has 0 unspecified atom stereocenters. The molecule has 0 aromatic heterocycles. The Bertz CT molecular complexity index is 631. The second-order valence-corrected chi connectivity index (χ2v) is 9.10. The van der Waals surface area contributed by atoms with Crippen LogP contribution >= 0.6 is 0 Å². The molecule has 0 saturated heterocycles. The van der Waals surface area contributed by atoms with Gasteiger partial charge in [-0.2, -0.15) is 0 Å². The number of methoxy groups -OCH3 is 1. The van der Waals surface area contributed by atoms with Crippen LogP contribution < -0.4 is 15.8 Å². The Labute approximate surface area is 159 Å². The summed E-state index contributed by atoms with van der Waals surface area (Å²) in [5, 5.41) is 3.91. The summed E-state index contributed by atoms with van der Waals surface area (Å²) in [4.78, 5) is 0. The van der Waals surface area contributed by atoms with E-state index in [1.807, 2.05) is 0 Å². The molecule has 3 aliphatic rings. The van der Waals surface area contributed by atoms with Crippen molar-refractivity contribution < 1.29 is 4.74 Å². The Kier molecular flexibility index (Phi) is 5.29. The lowest BCUT2D eigenvalue weighted by atomic mass is 9.55. The van der Waals surface area contributed by atoms with Gasteiger partial charge in [-0.25, -0.2) is 0 Å². The summed E-state index contributed by atoms with van der Waals surface area (Å²) in [6, 6.07) is 7.54. The van der Waals surface area contributed by atoms with Gasteiger partial charge in [-0.1, -0.05) is 13.0 Å². The van der Waals surface area contributed by atoms with Crippen LogP contribution in [0.4, 0.5) is 0 Å². The average Bonchev–Trinajstić information content (AvgIpc) is 3.01. The van der Waals surface area contributed by atoms with Crippen LogP contribution in [-0.4, -0.2) is 26.2 Å². The highest BCUT2D eigenvalue weighted by molar-refractivity contribution is 5.40. The number of nitrogens with two attached hydrogens (primary N) is 1. The van der Waals surface area contributed by atoms with E-state index in [1.54, 1.807) is 18.2 Å². The third-order valence-corrected chi connectivity index (χ3v) is 7.96. The van der Waals surface area contributed by atoms with Crippen molar-refractivity contribution in [2.75, 3.05) is 20.2 Å². The van der Waals surface area contributed by atoms with Crippen molar-refractivity contribution in [3.05, 3.63) is 29.3 Å². The number of fused-ring (bicyclic) bond motifs is 5. The van der Waals surface area contributed by atoms with Crippen molar-refractivity contribution >= 4 is 0 Å².